The predicted molar refractivity (Wildman–Crippen MR) is 116 cm³/mol. The highest BCUT2D eigenvalue weighted by molar-refractivity contribution is 5.81. The Kier molecular flexibility index (Phi) is 5.11. The lowest BCUT2D eigenvalue weighted by Crippen LogP contribution is -2.14. The normalized spacial score (nSPS) is 13.1. The molecule has 4 aromatic rings. The molecule has 156 valence electrons. The molecule has 2 aromatic heterocycles. The van der Waals surface area contributed by atoms with Crippen LogP contribution in [0.25, 0.3) is 22.5 Å². The van der Waals surface area contributed by atoms with Crippen LogP contribution in [0.2, 0.25) is 0 Å². The molecule has 0 amide bonds. The summed E-state index contributed by atoms with van der Waals surface area (Å²) in [5.74, 6) is 1.48. The fourth-order valence-corrected chi connectivity index (χ4v) is 4.15. The third-order valence-electron chi connectivity index (χ3n) is 5.63. The maximum atomic E-state index is 15.7. The van der Waals surface area contributed by atoms with Crippen molar-refractivity contribution in [2.75, 3.05) is 5.32 Å². The number of H-pyrrole nitrogens is 1. The highest BCUT2D eigenvalue weighted by Gasteiger charge is 2.21. The molecule has 1 aliphatic carbocycles. The van der Waals surface area contributed by atoms with Gasteiger partial charge in [-0.15, -0.1) is 5.10 Å². The molecule has 0 radical (unpaired) electrons. The summed E-state index contributed by atoms with van der Waals surface area (Å²) in [6.07, 6.45) is 4.18. The second-order valence-corrected chi connectivity index (χ2v) is 7.68. The van der Waals surface area contributed by atoms with Gasteiger partial charge in [0.1, 0.15) is 17.5 Å². The van der Waals surface area contributed by atoms with Crippen LogP contribution in [0.1, 0.15) is 35.5 Å². The van der Waals surface area contributed by atoms with Gasteiger partial charge >= 0.3 is 0 Å². The van der Waals surface area contributed by atoms with Gasteiger partial charge in [-0.3, -0.25) is 0 Å². The number of aryl methyl sites for hydroxylation is 2. The van der Waals surface area contributed by atoms with E-state index in [0.29, 0.717) is 23.5 Å². The third-order valence-corrected chi connectivity index (χ3v) is 5.63. The maximum Gasteiger partial charge on any atom is 0.183 e. The van der Waals surface area contributed by atoms with Crippen LogP contribution in [0, 0.1) is 12.7 Å². The zero-order chi connectivity index (χ0) is 21.2. The predicted octanol–water partition coefficient (Wildman–Crippen LogP) is 4.26. The first-order valence-electron chi connectivity index (χ1n) is 10.4. The quantitative estimate of drug-likeness (QED) is 0.506. The smallest absolute Gasteiger partial charge is 0.183 e. The van der Waals surface area contributed by atoms with Gasteiger partial charge in [0.15, 0.2) is 5.82 Å². The van der Waals surface area contributed by atoms with Gasteiger partial charge in [-0.1, -0.05) is 42.5 Å². The Labute approximate surface area is 179 Å². The van der Waals surface area contributed by atoms with E-state index in [1.165, 1.54) is 0 Å². The average Bonchev–Trinajstić information content (AvgIpc) is 3.33. The van der Waals surface area contributed by atoms with Crippen LogP contribution in [0.3, 0.4) is 0 Å². The molecule has 0 saturated carbocycles. The van der Waals surface area contributed by atoms with Crippen LogP contribution in [0.5, 0.6) is 0 Å². The number of halogens is 1. The van der Waals surface area contributed by atoms with Gasteiger partial charge in [-0.25, -0.2) is 19.5 Å². The van der Waals surface area contributed by atoms with Crippen molar-refractivity contribution in [3.8, 4) is 22.5 Å². The van der Waals surface area contributed by atoms with Crippen molar-refractivity contribution in [1.82, 2.24) is 30.6 Å². The van der Waals surface area contributed by atoms with Crippen LogP contribution in [0.15, 0.2) is 42.5 Å². The zero-order valence-electron chi connectivity index (χ0n) is 17.2. The van der Waals surface area contributed by atoms with Gasteiger partial charge in [0.25, 0.3) is 0 Å². The molecular weight excluding hydrogens is 393 g/mol. The van der Waals surface area contributed by atoms with E-state index in [9.17, 15) is 0 Å². The summed E-state index contributed by atoms with van der Waals surface area (Å²) >= 11 is 0. The van der Waals surface area contributed by atoms with Gasteiger partial charge in [0.2, 0.25) is 0 Å². The second kappa shape index (κ2) is 8.22. The fraction of sp³-hybridized carbons (Fsp3) is 0.261. The first kappa shape index (κ1) is 19.3. The molecule has 0 aliphatic heterocycles. The molecule has 31 heavy (non-hydrogen) atoms. The lowest BCUT2D eigenvalue weighted by molar-refractivity contribution is 0.615. The zero-order valence-corrected chi connectivity index (χ0v) is 17.2. The topological polar surface area (TPSA) is 92.3 Å². The van der Waals surface area contributed by atoms with E-state index in [1.54, 1.807) is 6.07 Å². The molecule has 0 atom stereocenters. The Bertz CT molecular complexity index is 1210. The molecule has 2 heterocycles. The van der Waals surface area contributed by atoms with Gasteiger partial charge in [0.05, 0.1) is 5.56 Å². The number of benzene rings is 2. The minimum absolute atomic E-state index is 0.300. The summed E-state index contributed by atoms with van der Waals surface area (Å²) in [7, 11) is 0. The number of rotatable bonds is 5. The molecule has 0 fully saturated rings. The molecular formula is C23H22FN7. The van der Waals surface area contributed by atoms with Crippen molar-refractivity contribution >= 4 is 5.82 Å². The molecule has 0 spiro atoms. The van der Waals surface area contributed by atoms with Crippen LogP contribution in [-0.4, -0.2) is 30.6 Å². The monoisotopic (exact) mass is 415 g/mol. The number of hydrogen-bond acceptors (Lipinski definition) is 6. The van der Waals surface area contributed by atoms with Crippen molar-refractivity contribution in [2.45, 2.75) is 39.2 Å². The number of aromatic amines is 1. The lowest BCUT2D eigenvalue weighted by atomic mass is 9.95. The molecule has 2 aromatic carbocycles. The number of nitrogens with one attached hydrogen (secondary N) is 2. The molecule has 7 nitrogen and oxygen atoms in total. The van der Waals surface area contributed by atoms with Gasteiger partial charge in [-0.05, 0) is 54.2 Å². The Morgan fingerprint density at radius 3 is 2.68 bits per heavy atom. The molecule has 8 heteroatoms. The van der Waals surface area contributed by atoms with E-state index in [2.05, 4.69) is 35.9 Å². The van der Waals surface area contributed by atoms with E-state index in [-0.39, 0.29) is 5.82 Å². The van der Waals surface area contributed by atoms with Crippen molar-refractivity contribution in [2.24, 2.45) is 0 Å². The van der Waals surface area contributed by atoms with Crippen molar-refractivity contribution in [3.05, 3.63) is 70.9 Å². The standard InChI is InChI=1S/C23H22FN7/c1-14-26-19-10-6-5-9-18(19)22(27-14)25-13-16-11-12-17(15-7-3-2-4-8-15)20(21(16)24)23-28-30-31-29-23/h2-4,7-8,11-12H,5-6,9-10,13H2,1H3,(H,25,26,27)(H,28,29,30,31). The largest absolute Gasteiger partial charge is 0.366 e. The van der Waals surface area contributed by atoms with Gasteiger partial charge in [-0.2, -0.15) is 0 Å². The molecule has 0 bridgehead atoms. The Morgan fingerprint density at radius 1 is 1.03 bits per heavy atom. The van der Waals surface area contributed by atoms with Gasteiger partial charge < -0.3 is 5.32 Å². The Balaban J connectivity index is 1.52. The minimum Gasteiger partial charge on any atom is -0.366 e. The molecule has 2 N–H and O–H groups in total. The number of tetrazole rings is 1. The van der Waals surface area contributed by atoms with Crippen LogP contribution < -0.4 is 5.32 Å². The molecule has 1 aliphatic rings. The summed E-state index contributed by atoms with van der Waals surface area (Å²) in [5.41, 5.74) is 4.76. The van der Waals surface area contributed by atoms with Gasteiger partial charge in [0, 0.05) is 23.4 Å². The van der Waals surface area contributed by atoms with Crippen LogP contribution in [-0.2, 0) is 19.4 Å². The van der Waals surface area contributed by atoms with E-state index >= 15 is 4.39 Å². The number of aromatic nitrogens is 6. The first-order valence-corrected chi connectivity index (χ1v) is 10.4. The number of hydrogen-bond donors (Lipinski definition) is 2. The molecule has 0 unspecified atom stereocenters. The summed E-state index contributed by atoms with van der Waals surface area (Å²) in [6, 6.07) is 13.4. The Hall–Kier alpha value is -3.68. The summed E-state index contributed by atoms with van der Waals surface area (Å²) in [4.78, 5) is 9.17. The Morgan fingerprint density at radius 2 is 1.87 bits per heavy atom. The van der Waals surface area contributed by atoms with E-state index in [1.807, 2.05) is 43.3 Å². The number of fused-ring (bicyclic) bond motifs is 1. The van der Waals surface area contributed by atoms with E-state index in [0.717, 1.165) is 59.7 Å². The molecule has 5 rings (SSSR count). The van der Waals surface area contributed by atoms with Crippen molar-refractivity contribution in [3.63, 3.8) is 0 Å². The second-order valence-electron chi connectivity index (χ2n) is 7.68. The summed E-state index contributed by atoms with van der Waals surface area (Å²) < 4.78 is 15.7. The van der Waals surface area contributed by atoms with Crippen LogP contribution >= 0.6 is 0 Å². The third kappa shape index (κ3) is 3.76. The van der Waals surface area contributed by atoms with E-state index < -0.39 is 0 Å². The molecule has 0 saturated heterocycles. The summed E-state index contributed by atoms with van der Waals surface area (Å²) in [5, 5.41) is 17.3. The summed E-state index contributed by atoms with van der Waals surface area (Å²) in [6.45, 7) is 2.20. The average molecular weight is 415 g/mol. The first-order chi connectivity index (χ1) is 15.2. The number of anilines is 1. The highest BCUT2D eigenvalue weighted by atomic mass is 19.1. The van der Waals surface area contributed by atoms with E-state index in [4.69, 9.17) is 0 Å². The van der Waals surface area contributed by atoms with Crippen LogP contribution in [0.4, 0.5) is 10.2 Å². The maximum absolute atomic E-state index is 15.7. The van der Waals surface area contributed by atoms with Crippen molar-refractivity contribution in [1.29, 1.82) is 0 Å². The number of nitrogens with zero attached hydrogens (tertiary/aromatic N) is 5. The highest BCUT2D eigenvalue weighted by Crippen LogP contribution is 2.34. The lowest BCUT2D eigenvalue weighted by Gasteiger charge is -2.20. The SMILES string of the molecule is Cc1nc2c(c(NCc3ccc(-c4ccccc4)c(-c4nnn[nH]4)c3F)n1)CCCC2. The van der Waals surface area contributed by atoms with Crippen molar-refractivity contribution < 1.29 is 4.39 Å². The minimum atomic E-state index is -0.355. The fourth-order valence-electron chi connectivity index (χ4n) is 4.15.